The van der Waals surface area contributed by atoms with E-state index >= 15 is 0 Å². The molecule has 0 saturated carbocycles. The molecule has 0 N–H and O–H groups in total. The Hall–Kier alpha value is -2.82. The van der Waals surface area contributed by atoms with Crippen LogP contribution < -0.4 is 4.90 Å². The summed E-state index contributed by atoms with van der Waals surface area (Å²) in [4.78, 5) is 1.29. The van der Waals surface area contributed by atoms with Gasteiger partial charge in [0.25, 0.3) is 0 Å². The summed E-state index contributed by atoms with van der Waals surface area (Å²) in [5, 5.41) is 0. The summed E-state index contributed by atoms with van der Waals surface area (Å²) in [6.45, 7) is 4.64. The second-order valence-corrected chi connectivity index (χ2v) is 6.26. The second kappa shape index (κ2) is 6.83. The van der Waals surface area contributed by atoms with E-state index in [1.54, 1.807) is 26.0 Å². The third-order valence-electron chi connectivity index (χ3n) is 4.28. The average molecular weight is 359 g/mol. The standard InChI is InChI=1S/C21H17F4N/c1-12-4-7-21(20(25)8-12)26(15-6-5-13(2)17(22)9-15)16-10-18(23)14(3)19(24)11-16/h4-11H,1-3H3. The van der Waals surface area contributed by atoms with Gasteiger partial charge in [-0.2, -0.15) is 0 Å². The van der Waals surface area contributed by atoms with Crippen molar-refractivity contribution in [2.45, 2.75) is 20.8 Å². The van der Waals surface area contributed by atoms with Crippen molar-refractivity contribution in [3.05, 3.63) is 88.5 Å². The zero-order valence-electron chi connectivity index (χ0n) is 14.6. The Morgan fingerprint density at radius 2 is 1.23 bits per heavy atom. The fourth-order valence-corrected chi connectivity index (χ4v) is 2.70. The molecule has 26 heavy (non-hydrogen) atoms. The predicted octanol–water partition coefficient (Wildman–Crippen LogP) is 6.64. The topological polar surface area (TPSA) is 3.24 Å². The van der Waals surface area contributed by atoms with Crippen LogP contribution in [-0.4, -0.2) is 0 Å². The third-order valence-corrected chi connectivity index (χ3v) is 4.28. The maximum absolute atomic E-state index is 14.6. The molecule has 0 fully saturated rings. The van der Waals surface area contributed by atoms with E-state index < -0.39 is 23.3 Å². The molecule has 0 amide bonds. The highest BCUT2D eigenvalue weighted by molar-refractivity contribution is 5.77. The van der Waals surface area contributed by atoms with Crippen molar-refractivity contribution in [1.82, 2.24) is 0 Å². The van der Waals surface area contributed by atoms with Crippen molar-refractivity contribution in [3.63, 3.8) is 0 Å². The van der Waals surface area contributed by atoms with Crippen LogP contribution in [0.25, 0.3) is 0 Å². The van der Waals surface area contributed by atoms with Crippen LogP contribution in [0.1, 0.15) is 16.7 Å². The van der Waals surface area contributed by atoms with Crippen molar-refractivity contribution >= 4 is 17.1 Å². The van der Waals surface area contributed by atoms with Gasteiger partial charge in [0.15, 0.2) is 0 Å². The van der Waals surface area contributed by atoms with E-state index in [0.29, 0.717) is 11.1 Å². The van der Waals surface area contributed by atoms with Gasteiger partial charge in [-0.1, -0.05) is 12.1 Å². The first kappa shape index (κ1) is 18.0. The second-order valence-electron chi connectivity index (χ2n) is 6.26. The smallest absolute Gasteiger partial charge is 0.147 e. The molecule has 3 rings (SSSR count). The fraction of sp³-hybridized carbons (Fsp3) is 0.143. The van der Waals surface area contributed by atoms with Crippen molar-refractivity contribution in [3.8, 4) is 0 Å². The summed E-state index contributed by atoms with van der Waals surface area (Å²) < 4.78 is 56.9. The summed E-state index contributed by atoms with van der Waals surface area (Å²) in [5.74, 6) is -2.59. The van der Waals surface area contributed by atoms with Gasteiger partial charge in [-0.25, -0.2) is 17.6 Å². The van der Waals surface area contributed by atoms with Crippen LogP contribution >= 0.6 is 0 Å². The summed E-state index contributed by atoms with van der Waals surface area (Å²) >= 11 is 0. The van der Waals surface area contributed by atoms with E-state index in [1.165, 1.54) is 36.1 Å². The van der Waals surface area contributed by atoms with Crippen LogP contribution in [-0.2, 0) is 0 Å². The van der Waals surface area contributed by atoms with E-state index in [-0.39, 0.29) is 22.6 Å². The minimum Gasteiger partial charge on any atom is -0.307 e. The molecule has 0 bridgehead atoms. The third kappa shape index (κ3) is 3.29. The zero-order chi connectivity index (χ0) is 19.0. The Morgan fingerprint density at radius 1 is 0.615 bits per heavy atom. The molecule has 1 nitrogen and oxygen atoms in total. The van der Waals surface area contributed by atoms with Gasteiger partial charge in [-0.3, -0.25) is 0 Å². The van der Waals surface area contributed by atoms with Crippen LogP contribution in [0.3, 0.4) is 0 Å². The molecule has 134 valence electrons. The van der Waals surface area contributed by atoms with Gasteiger partial charge in [0, 0.05) is 11.3 Å². The first-order chi connectivity index (χ1) is 12.3. The molecule has 0 saturated heterocycles. The average Bonchev–Trinajstić information content (AvgIpc) is 2.58. The summed E-state index contributed by atoms with van der Waals surface area (Å²) in [6, 6.07) is 11.0. The monoisotopic (exact) mass is 359 g/mol. The Morgan fingerprint density at radius 3 is 1.81 bits per heavy atom. The molecular weight excluding hydrogens is 342 g/mol. The lowest BCUT2D eigenvalue weighted by atomic mass is 10.1. The number of benzene rings is 3. The van der Waals surface area contributed by atoms with Gasteiger partial charge in [0.1, 0.15) is 23.3 Å². The van der Waals surface area contributed by atoms with Gasteiger partial charge < -0.3 is 4.90 Å². The lowest BCUT2D eigenvalue weighted by molar-refractivity contribution is 0.568. The van der Waals surface area contributed by atoms with Crippen LogP contribution in [0.4, 0.5) is 34.6 Å². The quantitative estimate of drug-likeness (QED) is 0.474. The first-order valence-electron chi connectivity index (χ1n) is 8.06. The summed E-state index contributed by atoms with van der Waals surface area (Å²) in [7, 11) is 0. The Bertz CT molecular complexity index is 959. The maximum atomic E-state index is 14.6. The van der Waals surface area contributed by atoms with Gasteiger partial charge in [0.05, 0.1) is 11.4 Å². The van der Waals surface area contributed by atoms with Crippen molar-refractivity contribution in [2.24, 2.45) is 0 Å². The lowest BCUT2D eigenvalue weighted by Gasteiger charge is -2.26. The molecule has 3 aromatic carbocycles. The zero-order valence-corrected chi connectivity index (χ0v) is 14.6. The van der Waals surface area contributed by atoms with Crippen LogP contribution in [0.5, 0.6) is 0 Å². The van der Waals surface area contributed by atoms with E-state index in [4.69, 9.17) is 0 Å². The minimum atomic E-state index is -0.759. The van der Waals surface area contributed by atoms with Crippen LogP contribution in [0.2, 0.25) is 0 Å². The van der Waals surface area contributed by atoms with Crippen LogP contribution in [0, 0.1) is 44.0 Å². The number of nitrogens with zero attached hydrogens (tertiary/aromatic N) is 1. The van der Waals surface area contributed by atoms with Crippen LogP contribution in [0.15, 0.2) is 48.5 Å². The molecule has 0 atom stereocenters. The number of hydrogen-bond acceptors (Lipinski definition) is 1. The summed E-state index contributed by atoms with van der Waals surface area (Å²) in [6.07, 6.45) is 0. The highest BCUT2D eigenvalue weighted by atomic mass is 19.1. The lowest BCUT2D eigenvalue weighted by Crippen LogP contribution is -2.13. The molecule has 0 aliphatic heterocycles. The number of anilines is 3. The Labute approximate surface area is 149 Å². The molecule has 0 aliphatic carbocycles. The highest BCUT2D eigenvalue weighted by Gasteiger charge is 2.20. The highest BCUT2D eigenvalue weighted by Crippen LogP contribution is 2.38. The molecule has 0 spiro atoms. The predicted molar refractivity (Wildman–Crippen MR) is 95.2 cm³/mol. The largest absolute Gasteiger partial charge is 0.307 e. The molecule has 0 radical (unpaired) electrons. The Kier molecular flexibility index (Phi) is 4.72. The van der Waals surface area contributed by atoms with Crippen molar-refractivity contribution in [1.29, 1.82) is 0 Å². The SMILES string of the molecule is Cc1ccc(N(c2ccc(C)c(F)c2)c2cc(F)c(C)c(F)c2)c(F)c1. The molecule has 0 aromatic heterocycles. The minimum absolute atomic E-state index is 0.0663. The Balaban J connectivity index is 2.27. The number of halogens is 4. The molecule has 0 heterocycles. The number of hydrogen-bond donors (Lipinski definition) is 0. The van der Waals surface area contributed by atoms with Gasteiger partial charge in [-0.15, -0.1) is 0 Å². The van der Waals surface area contributed by atoms with E-state index in [0.717, 1.165) is 12.1 Å². The van der Waals surface area contributed by atoms with Crippen molar-refractivity contribution < 1.29 is 17.6 Å². The van der Waals surface area contributed by atoms with Gasteiger partial charge >= 0.3 is 0 Å². The molecule has 0 aliphatic rings. The molecule has 3 aromatic rings. The van der Waals surface area contributed by atoms with E-state index in [9.17, 15) is 17.6 Å². The number of rotatable bonds is 3. The van der Waals surface area contributed by atoms with E-state index in [1.807, 2.05) is 0 Å². The van der Waals surface area contributed by atoms with Gasteiger partial charge in [0.2, 0.25) is 0 Å². The first-order valence-corrected chi connectivity index (χ1v) is 8.06. The fourth-order valence-electron chi connectivity index (χ4n) is 2.70. The van der Waals surface area contributed by atoms with Gasteiger partial charge in [-0.05, 0) is 68.3 Å². The molecular formula is C21H17F4N. The van der Waals surface area contributed by atoms with Crippen molar-refractivity contribution in [2.75, 3.05) is 4.90 Å². The molecule has 0 unspecified atom stereocenters. The maximum Gasteiger partial charge on any atom is 0.147 e. The number of aryl methyl sites for hydroxylation is 2. The molecule has 5 heteroatoms. The normalized spacial score (nSPS) is 10.9. The summed E-state index contributed by atoms with van der Waals surface area (Å²) in [5.41, 5.74) is 1.38. The van der Waals surface area contributed by atoms with E-state index in [2.05, 4.69) is 0 Å².